The first-order chi connectivity index (χ1) is 15.9. The topological polar surface area (TPSA) is 66.9 Å². The van der Waals surface area contributed by atoms with Crippen molar-refractivity contribution in [1.82, 2.24) is 9.97 Å². The lowest BCUT2D eigenvalue weighted by atomic mass is 9.98. The number of carbonyl (C=O) groups is 1. The molecule has 1 heterocycles. The molecule has 0 atom stereocenters. The smallest absolute Gasteiger partial charge is 0.255 e. The zero-order chi connectivity index (χ0) is 23.4. The number of carbonyl (C=O) groups excluding carboxylic acids is 1. The van der Waals surface area contributed by atoms with Crippen LogP contribution in [-0.2, 0) is 0 Å². The second-order valence-electron chi connectivity index (χ2n) is 8.41. The maximum absolute atomic E-state index is 13.1. The number of hydrogen-bond donors (Lipinski definition) is 2. The zero-order valence-corrected chi connectivity index (χ0v) is 19.4. The third kappa shape index (κ3) is 5.26. The summed E-state index contributed by atoms with van der Waals surface area (Å²) < 4.78 is 0. The van der Waals surface area contributed by atoms with Gasteiger partial charge in [-0.3, -0.25) is 4.79 Å². The minimum absolute atomic E-state index is 0.140. The summed E-state index contributed by atoms with van der Waals surface area (Å²) in [6.07, 6.45) is 0. The monoisotopic (exact) mass is 436 g/mol. The maximum atomic E-state index is 13.1. The SMILES string of the molecule is Cc1nc(Nc2cccc(C(=O)Nc3c(C)cccc3C(C)C)c2)cc(-c2ccccc2)n1. The summed E-state index contributed by atoms with van der Waals surface area (Å²) in [7, 11) is 0. The summed E-state index contributed by atoms with van der Waals surface area (Å²) in [5, 5.41) is 6.44. The summed E-state index contributed by atoms with van der Waals surface area (Å²) in [6.45, 7) is 8.14. The van der Waals surface area contributed by atoms with Gasteiger partial charge in [-0.05, 0) is 49.1 Å². The number of hydrogen-bond acceptors (Lipinski definition) is 4. The minimum atomic E-state index is -0.140. The lowest BCUT2D eigenvalue weighted by molar-refractivity contribution is 0.102. The molecule has 0 spiro atoms. The van der Waals surface area contributed by atoms with Crippen molar-refractivity contribution in [1.29, 1.82) is 0 Å². The number of benzene rings is 3. The van der Waals surface area contributed by atoms with Gasteiger partial charge in [-0.1, -0.05) is 68.4 Å². The van der Waals surface area contributed by atoms with E-state index in [0.29, 0.717) is 23.1 Å². The van der Waals surface area contributed by atoms with Crippen LogP contribution in [0.5, 0.6) is 0 Å². The summed E-state index contributed by atoms with van der Waals surface area (Å²) in [4.78, 5) is 22.1. The van der Waals surface area contributed by atoms with Gasteiger partial charge in [-0.15, -0.1) is 0 Å². The molecular weight excluding hydrogens is 408 g/mol. The average molecular weight is 437 g/mol. The van der Waals surface area contributed by atoms with Crippen molar-refractivity contribution >= 4 is 23.1 Å². The van der Waals surface area contributed by atoms with Gasteiger partial charge in [-0.2, -0.15) is 0 Å². The van der Waals surface area contributed by atoms with Crippen LogP contribution < -0.4 is 10.6 Å². The number of rotatable bonds is 6. The van der Waals surface area contributed by atoms with E-state index in [4.69, 9.17) is 0 Å². The highest BCUT2D eigenvalue weighted by molar-refractivity contribution is 6.05. The molecule has 5 heteroatoms. The second-order valence-corrected chi connectivity index (χ2v) is 8.41. The quantitative estimate of drug-likeness (QED) is 0.346. The predicted octanol–water partition coefficient (Wildman–Crippen LogP) is 6.88. The van der Waals surface area contributed by atoms with Crippen LogP contribution in [0.1, 0.15) is 47.1 Å². The summed E-state index contributed by atoms with van der Waals surface area (Å²) >= 11 is 0. The number of nitrogens with zero attached hydrogens (tertiary/aromatic N) is 2. The molecule has 0 aliphatic carbocycles. The normalized spacial score (nSPS) is 10.8. The minimum Gasteiger partial charge on any atom is -0.340 e. The van der Waals surface area contributed by atoms with Crippen molar-refractivity contribution < 1.29 is 4.79 Å². The maximum Gasteiger partial charge on any atom is 0.255 e. The molecule has 0 fully saturated rings. The standard InChI is InChI=1S/C28H28N4O/c1-18(2)24-15-8-10-19(3)27(24)32-28(33)22-13-9-14-23(16-22)31-26-17-25(29-20(4)30-26)21-11-6-5-7-12-21/h5-18H,1-4H3,(H,32,33)(H,29,30,31). The van der Waals surface area contributed by atoms with E-state index in [1.165, 1.54) is 0 Å². The second kappa shape index (κ2) is 9.65. The van der Waals surface area contributed by atoms with Crippen LogP contribution in [0.4, 0.5) is 17.2 Å². The Bertz CT molecular complexity index is 1280. The Hall–Kier alpha value is -3.99. The molecule has 4 rings (SSSR count). The van der Waals surface area contributed by atoms with E-state index in [2.05, 4.69) is 40.5 Å². The van der Waals surface area contributed by atoms with E-state index in [1.807, 2.05) is 86.6 Å². The molecule has 0 radical (unpaired) electrons. The molecule has 0 saturated heterocycles. The Morgan fingerprint density at radius 2 is 1.61 bits per heavy atom. The van der Waals surface area contributed by atoms with E-state index in [9.17, 15) is 4.79 Å². The summed E-state index contributed by atoms with van der Waals surface area (Å²) in [6, 6.07) is 25.5. The highest BCUT2D eigenvalue weighted by Gasteiger charge is 2.14. The van der Waals surface area contributed by atoms with Crippen LogP contribution in [0.15, 0.2) is 78.9 Å². The first kappa shape index (κ1) is 22.2. The van der Waals surface area contributed by atoms with Crippen LogP contribution in [-0.4, -0.2) is 15.9 Å². The van der Waals surface area contributed by atoms with E-state index in [1.54, 1.807) is 0 Å². The number of amides is 1. The van der Waals surface area contributed by atoms with Crippen molar-refractivity contribution in [2.75, 3.05) is 10.6 Å². The van der Waals surface area contributed by atoms with Gasteiger partial charge in [0.15, 0.2) is 0 Å². The lowest BCUT2D eigenvalue weighted by Crippen LogP contribution is -2.15. The number of anilines is 3. The van der Waals surface area contributed by atoms with Crippen molar-refractivity contribution in [3.8, 4) is 11.3 Å². The van der Waals surface area contributed by atoms with Gasteiger partial charge in [0.1, 0.15) is 11.6 Å². The van der Waals surface area contributed by atoms with Crippen LogP contribution in [0.2, 0.25) is 0 Å². The highest BCUT2D eigenvalue weighted by Crippen LogP contribution is 2.28. The van der Waals surface area contributed by atoms with Gasteiger partial charge in [0.2, 0.25) is 0 Å². The first-order valence-corrected chi connectivity index (χ1v) is 11.1. The largest absolute Gasteiger partial charge is 0.340 e. The van der Waals surface area contributed by atoms with Crippen LogP contribution in [0.25, 0.3) is 11.3 Å². The molecule has 0 aliphatic rings. The summed E-state index contributed by atoms with van der Waals surface area (Å²) in [5.74, 6) is 1.53. The molecule has 0 bridgehead atoms. The molecule has 166 valence electrons. The number of aryl methyl sites for hydroxylation is 2. The molecule has 5 nitrogen and oxygen atoms in total. The van der Waals surface area contributed by atoms with E-state index < -0.39 is 0 Å². The van der Waals surface area contributed by atoms with Crippen molar-refractivity contribution in [3.05, 3.63) is 101 Å². The molecule has 3 aromatic carbocycles. The number of para-hydroxylation sites is 1. The third-order valence-electron chi connectivity index (χ3n) is 5.47. The van der Waals surface area contributed by atoms with Crippen molar-refractivity contribution in [2.24, 2.45) is 0 Å². The van der Waals surface area contributed by atoms with Gasteiger partial charge < -0.3 is 10.6 Å². The van der Waals surface area contributed by atoms with Crippen molar-refractivity contribution in [2.45, 2.75) is 33.6 Å². The molecule has 0 saturated carbocycles. The molecular formula is C28H28N4O. The fraction of sp³-hybridized carbons (Fsp3) is 0.179. The molecule has 2 N–H and O–H groups in total. The molecule has 0 unspecified atom stereocenters. The Kier molecular flexibility index (Phi) is 6.50. The third-order valence-corrected chi connectivity index (χ3v) is 5.47. The fourth-order valence-corrected chi connectivity index (χ4v) is 3.80. The summed E-state index contributed by atoms with van der Waals surface area (Å²) in [5.41, 5.74) is 6.30. The predicted molar refractivity (Wildman–Crippen MR) is 135 cm³/mol. The molecule has 33 heavy (non-hydrogen) atoms. The molecule has 4 aromatic rings. The van der Waals surface area contributed by atoms with E-state index in [-0.39, 0.29) is 5.91 Å². The number of aromatic nitrogens is 2. The molecule has 0 aliphatic heterocycles. The van der Waals surface area contributed by atoms with Crippen molar-refractivity contribution in [3.63, 3.8) is 0 Å². The average Bonchev–Trinajstić information content (AvgIpc) is 2.80. The molecule has 1 aromatic heterocycles. The Labute approximate surface area is 194 Å². The van der Waals surface area contributed by atoms with Gasteiger partial charge in [-0.25, -0.2) is 9.97 Å². The van der Waals surface area contributed by atoms with Gasteiger partial charge in [0.25, 0.3) is 5.91 Å². The number of nitrogens with one attached hydrogen (secondary N) is 2. The zero-order valence-electron chi connectivity index (χ0n) is 19.4. The van der Waals surface area contributed by atoms with Crippen LogP contribution in [0.3, 0.4) is 0 Å². The van der Waals surface area contributed by atoms with Gasteiger partial charge in [0.05, 0.1) is 5.69 Å². The van der Waals surface area contributed by atoms with Crippen LogP contribution >= 0.6 is 0 Å². The Morgan fingerprint density at radius 3 is 2.36 bits per heavy atom. The van der Waals surface area contributed by atoms with E-state index >= 15 is 0 Å². The lowest BCUT2D eigenvalue weighted by Gasteiger charge is -2.17. The van der Waals surface area contributed by atoms with Crippen LogP contribution in [0, 0.1) is 13.8 Å². The van der Waals surface area contributed by atoms with Gasteiger partial charge in [0, 0.05) is 28.6 Å². The Morgan fingerprint density at radius 1 is 0.848 bits per heavy atom. The highest BCUT2D eigenvalue weighted by atomic mass is 16.1. The Balaban J connectivity index is 1.57. The van der Waals surface area contributed by atoms with E-state index in [0.717, 1.165) is 33.8 Å². The first-order valence-electron chi connectivity index (χ1n) is 11.1. The molecule has 1 amide bonds. The fourth-order valence-electron chi connectivity index (χ4n) is 3.80. The van der Waals surface area contributed by atoms with Gasteiger partial charge >= 0.3 is 0 Å².